The van der Waals surface area contributed by atoms with Gasteiger partial charge < -0.3 is 15.2 Å². The molecule has 0 aromatic heterocycles. The van der Waals surface area contributed by atoms with Gasteiger partial charge in [0.25, 0.3) is 0 Å². The Morgan fingerprint density at radius 3 is 2.65 bits per heavy atom. The molecule has 2 N–H and O–H groups in total. The minimum Gasteiger partial charge on any atom is -0.497 e. The van der Waals surface area contributed by atoms with Crippen LogP contribution in [-0.4, -0.2) is 7.11 Å². The van der Waals surface area contributed by atoms with Crippen molar-refractivity contribution in [1.82, 2.24) is 0 Å². The third-order valence-electron chi connectivity index (χ3n) is 2.71. The molecule has 20 heavy (non-hydrogen) atoms. The van der Waals surface area contributed by atoms with Crippen LogP contribution in [0.15, 0.2) is 36.4 Å². The van der Waals surface area contributed by atoms with Crippen molar-refractivity contribution in [3.05, 3.63) is 52.5 Å². The van der Waals surface area contributed by atoms with Gasteiger partial charge in [-0.15, -0.1) is 0 Å². The first-order chi connectivity index (χ1) is 9.62. The zero-order valence-corrected chi connectivity index (χ0v) is 11.6. The molecular weight excluding hydrogens is 276 g/mol. The summed E-state index contributed by atoms with van der Waals surface area (Å²) in [6.07, 6.45) is 0. The van der Waals surface area contributed by atoms with E-state index in [0.717, 1.165) is 5.56 Å². The maximum Gasteiger partial charge on any atom is 0.124 e. The van der Waals surface area contributed by atoms with Crippen molar-refractivity contribution in [1.29, 1.82) is 5.26 Å². The molecule has 2 aromatic carbocycles. The summed E-state index contributed by atoms with van der Waals surface area (Å²) in [4.78, 5) is 0. The molecule has 0 amide bonds. The van der Waals surface area contributed by atoms with Gasteiger partial charge in [0.15, 0.2) is 0 Å². The van der Waals surface area contributed by atoms with Gasteiger partial charge in [0.1, 0.15) is 18.1 Å². The van der Waals surface area contributed by atoms with Gasteiger partial charge in [-0.1, -0.05) is 11.6 Å². The molecule has 0 saturated heterocycles. The zero-order chi connectivity index (χ0) is 14.5. The topological polar surface area (TPSA) is 68.3 Å². The molecule has 0 spiro atoms. The fourth-order valence-electron chi connectivity index (χ4n) is 1.70. The second-order valence-corrected chi connectivity index (χ2v) is 4.56. The van der Waals surface area contributed by atoms with Crippen molar-refractivity contribution in [3.8, 4) is 17.6 Å². The summed E-state index contributed by atoms with van der Waals surface area (Å²) in [7, 11) is 1.54. The molecule has 0 saturated carbocycles. The lowest BCUT2D eigenvalue weighted by atomic mass is 10.2. The number of hydrogen-bond donors (Lipinski definition) is 1. The first-order valence-corrected chi connectivity index (χ1v) is 6.26. The molecule has 2 aromatic rings. The number of hydrogen-bond acceptors (Lipinski definition) is 4. The third-order valence-corrected chi connectivity index (χ3v) is 3.08. The average molecular weight is 289 g/mol. The lowest BCUT2D eigenvalue weighted by molar-refractivity contribution is 0.303. The van der Waals surface area contributed by atoms with Crippen LogP contribution in [0.1, 0.15) is 11.1 Å². The molecule has 4 nitrogen and oxygen atoms in total. The molecular formula is C15H13ClN2O2. The van der Waals surface area contributed by atoms with Gasteiger partial charge in [0, 0.05) is 22.3 Å². The predicted molar refractivity (Wildman–Crippen MR) is 77.9 cm³/mol. The molecule has 0 aliphatic heterocycles. The van der Waals surface area contributed by atoms with Crippen LogP contribution < -0.4 is 15.2 Å². The molecule has 0 bridgehead atoms. The van der Waals surface area contributed by atoms with E-state index in [1.54, 1.807) is 36.4 Å². The number of nitrogen functional groups attached to an aromatic ring is 1. The van der Waals surface area contributed by atoms with Crippen LogP contribution >= 0.6 is 11.6 Å². The van der Waals surface area contributed by atoms with Gasteiger partial charge in [-0.25, -0.2) is 0 Å². The van der Waals surface area contributed by atoms with Crippen LogP contribution in [0, 0.1) is 11.3 Å². The highest BCUT2D eigenvalue weighted by atomic mass is 35.5. The Morgan fingerprint density at radius 2 is 1.95 bits per heavy atom. The smallest absolute Gasteiger partial charge is 0.124 e. The lowest BCUT2D eigenvalue weighted by Gasteiger charge is -2.10. The molecule has 0 atom stereocenters. The molecule has 0 fully saturated rings. The van der Waals surface area contributed by atoms with E-state index < -0.39 is 0 Å². The fourth-order valence-corrected chi connectivity index (χ4v) is 1.88. The summed E-state index contributed by atoms with van der Waals surface area (Å²) in [6, 6.07) is 12.3. The van der Waals surface area contributed by atoms with E-state index in [-0.39, 0.29) is 6.61 Å². The predicted octanol–water partition coefficient (Wildman–Crippen LogP) is 3.38. The first kappa shape index (κ1) is 14.0. The summed E-state index contributed by atoms with van der Waals surface area (Å²) >= 11 is 6.07. The second-order valence-electron chi connectivity index (χ2n) is 4.15. The molecule has 0 radical (unpaired) electrons. The highest BCUT2D eigenvalue weighted by molar-refractivity contribution is 6.31. The monoisotopic (exact) mass is 288 g/mol. The minimum absolute atomic E-state index is 0.266. The van der Waals surface area contributed by atoms with Crippen LogP contribution in [0.5, 0.6) is 11.5 Å². The normalized spacial score (nSPS) is 9.85. The number of halogens is 1. The quantitative estimate of drug-likeness (QED) is 0.876. The Kier molecular flexibility index (Phi) is 4.34. The van der Waals surface area contributed by atoms with Crippen molar-refractivity contribution >= 4 is 17.3 Å². The maximum atomic E-state index is 8.95. The highest BCUT2D eigenvalue weighted by Gasteiger charge is 2.05. The van der Waals surface area contributed by atoms with Gasteiger partial charge in [-0.05, 0) is 30.3 Å². The number of methoxy groups -OCH3 is 1. The van der Waals surface area contributed by atoms with E-state index >= 15 is 0 Å². The largest absolute Gasteiger partial charge is 0.497 e. The van der Waals surface area contributed by atoms with Gasteiger partial charge in [-0.3, -0.25) is 0 Å². The van der Waals surface area contributed by atoms with Gasteiger partial charge in [0.05, 0.1) is 18.7 Å². The molecule has 5 heteroatoms. The van der Waals surface area contributed by atoms with E-state index in [4.69, 9.17) is 32.1 Å². The third kappa shape index (κ3) is 3.34. The van der Waals surface area contributed by atoms with Gasteiger partial charge >= 0.3 is 0 Å². The second kappa shape index (κ2) is 6.18. The summed E-state index contributed by atoms with van der Waals surface area (Å²) in [5, 5.41) is 9.53. The van der Waals surface area contributed by atoms with Gasteiger partial charge in [-0.2, -0.15) is 5.26 Å². The summed E-state index contributed by atoms with van der Waals surface area (Å²) < 4.78 is 10.8. The van der Waals surface area contributed by atoms with Crippen molar-refractivity contribution < 1.29 is 9.47 Å². The minimum atomic E-state index is 0.266. The standard InChI is InChI=1S/C15H13ClN2O2/c1-19-13-4-10(8-17)5-14(7-13)20-9-11-6-12(18)2-3-15(11)16/h2-7H,9,18H2,1H3. The molecule has 0 heterocycles. The molecule has 0 aliphatic carbocycles. The van der Waals surface area contributed by atoms with Crippen LogP contribution in [0.4, 0.5) is 5.69 Å². The average Bonchev–Trinajstić information content (AvgIpc) is 2.47. The van der Waals surface area contributed by atoms with E-state index in [9.17, 15) is 0 Å². The molecule has 102 valence electrons. The van der Waals surface area contributed by atoms with E-state index in [2.05, 4.69) is 6.07 Å². The van der Waals surface area contributed by atoms with Crippen LogP contribution in [0.3, 0.4) is 0 Å². The van der Waals surface area contributed by atoms with Crippen LogP contribution in [0.25, 0.3) is 0 Å². The van der Waals surface area contributed by atoms with Crippen LogP contribution in [-0.2, 0) is 6.61 Å². The number of nitrogens with two attached hydrogens (primary N) is 1. The zero-order valence-electron chi connectivity index (χ0n) is 10.9. The maximum absolute atomic E-state index is 8.95. The Bertz CT molecular complexity index is 665. The summed E-state index contributed by atoms with van der Waals surface area (Å²) in [5.41, 5.74) is 7.59. The van der Waals surface area contributed by atoms with Gasteiger partial charge in [0.2, 0.25) is 0 Å². The lowest BCUT2D eigenvalue weighted by Crippen LogP contribution is -1.98. The van der Waals surface area contributed by atoms with Crippen molar-refractivity contribution in [2.45, 2.75) is 6.61 Å². The number of benzene rings is 2. The Balaban J connectivity index is 2.18. The summed E-state index contributed by atoms with van der Waals surface area (Å²) in [5.74, 6) is 1.11. The van der Waals surface area contributed by atoms with E-state index in [0.29, 0.717) is 27.8 Å². The summed E-state index contributed by atoms with van der Waals surface area (Å²) in [6.45, 7) is 0.266. The molecule has 2 rings (SSSR count). The molecule has 0 unspecified atom stereocenters. The fraction of sp³-hybridized carbons (Fsp3) is 0.133. The number of nitriles is 1. The Morgan fingerprint density at radius 1 is 1.20 bits per heavy atom. The van der Waals surface area contributed by atoms with Crippen molar-refractivity contribution in [2.75, 3.05) is 12.8 Å². The van der Waals surface area contributed by atoms with Crippen molar-refractivity contribution in [3.63, 3.8) is 0 Å². The Hall–Kier alpha value is -2.38. The number of rotatable bonds is 4. The van der Waals surface area contributed by atoms with E-state index in [1.807, 2.05) is 0 Å². The number of nitrogens with zero attached hydrogens (tertiary/aromatic N) is 1. The first-order valence-electron chi connectivity index (χ1n) is 5.88. The van der Waals surface area contributed by atoms with Crippen LogP contribution in [0.2, 0.25) is 5.02 Å². The molecule has 0 aliphatic rings. The Labute approximate surface area is 122 Å². The number of anilines is 1. The number of ether oxygens (including phenoxy) is 2. The van der Waals surface area contributed by atoms with E-state index in [1.165, 1.54) is 7.11 Å². The van der Waals surface area contributed by atoms with Crippen molar-refractivity contribution in [2.24, 2.45) is 0 Å². The SMILES string of the molecule is COc1cc(C#N)cc(OCc2cc(N)ccc2Cl)c1. The highest BCUT2D eigenvalue weighted by Crippen LogP contribution is 2.25.